The number of hydrogen-bond donors (Lipinski definition) is 2. The average molecular weight is 469 g/mol. The fraction of sp³-hybridized carbons (Fsp3) is 0.296. The number of carboxylic acids is 1. The molecule has 0 saturated heterocycles. The summed E-state index contributed by atoms with van der Waals surface area (Å²) in [4.78, 5) is 11.0. The van der Waals surface area contributed by atoms with Crippen molar-refractivity contribution in [2.24, 2.45) is 0 Å². The normalized spacial score (nSPS) is 10.7. The van der Waals surface area contributed by atoms with Gasteiger partial charge < -0.3 is 24.4 Å². The average Bonchev–Trinajstić information content (AvgIpc) is 2.83. The zero-order valence-corrected chi connectivity index (χ0v) is 19.3. The van der Waals surface area contributed by atoms with Gasteiger partial charge in [-0.25, -0.2) is 4.39 Å². The maximum absolute atomic E-state index is 13.2. The predicted molar refractivity (Wildman–Crippen MR) is 127 cm³/mol. The number of carboxylic acid groups (broad SMARTS) is 1. The number of aromatic hydroxyl groups is 1. The molecule has 0 saturated carbocycles. The van der Waals surface area contributed by atoms with Crippen molar-refractivity contribution in [3.63, 3.8) is 0 Å². The summed E-state index contributed by atoms with van der Waals surface area (Å²) in [5.41, 5.74) is 3.01. The molecule has 3 aromatic carbocycles. The molecule has 180 valence electrons. The van der Waals surface area contributed by atoms with Crippen LogP contribution in [-0.4, -0.2) is 36.5 Å². The fourth-order valence-electron chi connectivity index (χ4n) is 3.66. The van der Waals surface area contributed by atoms with E-state index in [9.17, 15) is 14.3 Å². The molecule has 0 heterocycles. The van der Waals surface area contributed by atoms with E-state index in [1.807, 2.05) is 13.0 Å². The van der Waals surface area contributed by atoms with Gasteiger partial charge in [-0.2, -0.15) is 0 Å². The van der Waals surface area contributed by atoms with Crippen LogP contribution in [0.25, 0.3) is 11.1 Å². The van der Waals surface area contributed by atoms with E-state index in [1.165, 1.54) is 12.1 Å². The van der Waals surface area contributed by atoms with Crippen molar-refractivity contribution < 1.29 is 33.6 Å². The molecule has 0 radical (unpaired) electrons. The standard InChI is InChI=1S/C27H29FO6/c1-3-18-16-22(19-8-10-20(28)11-9-19)23(29)17-26(18)34-15-5-14-33-25-7-4-6-24(32-2)21(25)12-13-27(30)31/h4,6-11,16-17,29H,3,5,12-15H2,1-2H3,(H,30,31). The number of rotatable bonds is 12. The summed E-state index contributed by atoms with van der Waals surface area (Å²) in [5.74, 6) is 0.633. The second-order valence-corrected chi connectivity index (χ2v) is 7.72. The lowest BCUT2D eigenvalue weighted by molar-refractivity contribution is -0.136. The van der Waals surface area contributed by atoms with Crippen molar-refractivity contribution in [3.05, 3.63) is 71.5 Å². The van der Waals surface area contributed by atoms with Gasteiger partial charge in [0.1, 0.15) is 28.8 Å². The monoisotopic (exact) mass is 468 g/mol. The van der Waals surface area contributed by atoms with Crippen LogP contribution in [-0.2, 0) is 17.6 Å². The Morgan fingerprint density at radius 1 is 0.971 bits per heavy atom. The molecule has 0 spiro atoms. The number of aryl methyl sites for hydroxylation is 1. The largest absolute Gasteiger partial charge is 0.507 e. The Balaban J connectivity index is 1.60. The van der Waals surface area contributed by atoms with Gasteiger partial charge in [0.15, 0.2) is 0 Å². The Bertz CT molecular complexity index is 1110. The van der Waals surface area contributed by atoms with Crippen LogP contribution in [0.2, 0.25) is 0 Å². The van der Waals surface area contributed by atoms with Crippen molar-refractivity contribution in [2.75, 3.05) is 20.3 Å². The molecule has 0 bridgehead atoms. The molecule has 7 heteroatoms. The van der Waals surface area contributed by atoms with Gasteiger partial charge in [-0.1, -0.05) is 25.1 Å². The lowest BCUT2D eigenvalue weighted by Crippen LogP contribution is -2.08. The number of phenols is 1. The third kappa shape index (κ3) is 6.41. The third-order valence-electron chi connectivity index (χ3n) is 5.42. The SMILES string of the molecule is CCc1cc(-c2ccc(F)cc2)c(O)cc1OCCCOc1cccc(OC)c1CCC(=O)O. The first kappa shape index (κ1) is 24.9. The number of halogens is 1. The Hall–Kier alpha value is -3.74. The van der Waals surface area contributed by atoms with Crippen molar-refractivity contribution in [2.45, 2.75) is 32.6 Å². The van der Waals surface area contributed by atoms with E-state index in [4.69, 9.17) is 19.3 Å². The van der Waals surface area contributed by atoms with E-state index < -0.39 is 5.97 Å². The maximum Gasteiger partial charge on any atom is 0.303 e. The molecule has 6 nitrogen and oxygen atoms in total. The van der Waals surface area contributed by atoms with Crippen LogP contribution >= 0.6 is 0 Å². The van der Waals surface area contributed by atoms with Gasteiger partial charge in [0.25, 0.3) is 0 Å². The molecule has 3 rings (SSSR count). The van der Waals surface area contributed by atoms with Gasteiger partial charge in [0, 0.05) is 30.0 Å². The van der Waals surface area contributed by atoms with Crippen molar-refractivity contribution >= 4 is 5.97 Å². The summed E-state index contributed by atoms with van der Waals surface area (Å²) in [5, 5.41) is 19.5. The predicted octanol–water partition coefficient (Wildman–Crippen LogP) is 5.63. The first-order valence-electron chi connectivity index (χ1n) is 11.2. The Morgan fingerprint density at radius 2 is 1.65 bits per heavy atom. The van der Waals surface area contributed by atoms with Crippen molar-refractivity contribution in [1.82, 2.24) is 0 Å². The van der Waals surface area contributed by atoms with Gasteiger partial charge in [-0.15, -0.1) is 0 Å². The molecule has 0 unspecified atom stereocenters. The van der Waals surface area contributed by atoms with Gasteiger partial charge in [0.05, 0.1) is 20.3 Å². The summed E-state index contributed by atoms with van der Waals surface area (Å²) in [7, 11) is 1.54. The van der Waals surface area contributed by atoms with Gasteiger partial charge in [0.2, 0.25) is 0 Å². The van der Waals surface area contributed by atoms with Gasteiger partial charge in [-0.3, -0.25) is 4.79 Å². The Morgan fingerprint density at radius 3 is 2.29 bits per heavy atom. The fourth-order valence-corrected chi connectivity index (χ4v) is 3.66. The molecule has 0 aliphatic carbocycles. The minimum Gasteiger partial charge on any atom is -0.507 e. The number of hydrogen-bond acceptors (Lipinski definition) is 5. The molecule has 0 fully saturated rings. The van der Waals surface area contributed by atoms with Crippen LogP contribution in [0, 0.1) is 5.82 Å². The summed E-state index contributed by atoms with van der Waals surface area (Å²) >= 11 is 0. The summed E-state index contributed by atoms with van der Waals surface area (Å²) in [6.45, 7) is 2.74. The van der Waals surface area contributed by atoms with E-state index in [0.717, 1.165) is 16.7 Å². The zero-order chi connectivity index (χ0) is 24.5. The minimum absolute atomic E-state index is 0.0168. The number of phenolic OH excluding ortho intramolecular Hbond substituents is 1. The van der Waals surface area contributed by atoms with Crippen LogP contribution in [0.3, 0.4) is 0 Å². The molecule has 0 amide bonds. The second-order valence-electron chi connectivity index (χ2n) is 7.72. The van der Waals surface area contributed by atoms with E-state index in [2.05, 4.69) is 0 Å². The van der Waals surface area contributed by atoms with Crippen LogP contribution in [0.1, 0.15) is 30.9 Å². The lowest BCUT2D eigenvalue weighted by Gasteiger charge is -2.16. The smallest absolute Gasteiger partial charge is 0.303 e. The molecular formula is C27H29FO6. The summed E-state index contributed by atoms with van der Waals surface area (Å²) in [6.07, 6.45) is 1.58. The molecular weight excluding hydrogens is 439 g/mol. The van der Waals surface area contributed by atoms with Crippen LogP contribution in [0.5, 0.6) is 23.0 Å². The number of ether oxygens (including phenoxy) is 3. The van der Waals surface area contributed by atoms with Gasteiger partial charge >= 0.3 is 5.97 Å². The quantitative estimate of drug-likeness (QED) is 0.335. The van der Waals surface area contributed by atoms with E-state index in [0.29, 0.717) is 55.3 Å². The third-order valence-corrected chi connectivity index (χ3v) is 5.42. The van der Waals surface area contributed by atoms with Crippen LogP contribution in [0.4, 0.5) is 4.39 Å². The first-order chi connectivity index (χ1) is 16.4. The second kappa shape index (κ2) is 11.9. The molecule has 0 aliphatic heterocycles. The molecule has 2 N–H and O–H groups in total. The molecule has 0 aromatic heterocycles. The summed E-state index contributed by atoms with van der Waals surface area (Å²) in [6, 6.07) is 14.8. The van der Waals surface area contributed by atoms with E-state index in [1.54, 1.807) is 43.5 Å². The molecule has 3 aromatic rings. The highest BCUT2D eigenvalue weighted by Gasteiger charge is 2.13. The number of methoxy groups -OCH3 is 1. The maximum atomic E-state index is 13.2. The van der Waals surface area contributed by atoms with Crippen molar-refractivity contribution in [1.29, 1.82) is 0 Å². The number of benzene rings is 3. The lowest BCUT2D eigenvalue weighted by atomic mass is 10.00. The number of aliphatic carboxylic acids is 1. The molecule has 0 atom stereocenters. The highest BCUT2D eigenvalue weighted by Crippen LogP contribution is 2.36. The topological polar surface area (TPSA) is 85.2 Å². The van der Waals surface area contributed by atoms with E-state index >= 15 is 0 Å². The van der Waals surface area contributed by atoms with Crippen molar-refractivity contribution in [3.8, 4) is 34.1 Å². The summed E-state index contributed by atoms with van der Waals surface area (Å²) < 4.78 is 30.4. The minimum atomic E-state index is -0.884. The Kier molecular flexibility index (Phi) is 8.73. The highest BCUT2D eigenvalue weighted by atomic mass is 19.1. The zero-order valence-electron chi connectivity index (χ0n) is 19.3. The van der Waals surface area contributed by atoms with Gasteiger partial charge in [-0.05, 0) is 54.3 Å². The Labute approximate surface area is 198 Å². The van der Waals surface area contributed by atoms with Crippen LogP contribution < -0.4 is 14.2 Å². The number of carbonyl (C=O) groups is 1. The highest BCUT2D eigenvalue weighted by molar-refractivity contribution is 5.72. The van der Waals surface area contributed by atoms with Crippen LogP contribution in [0.15, 0.2) is 54.6 Å². The van der Waals surface area contributed by atoms with E-state index in [-0.39, 0.29) is 18.0 Å². The first-order valence-corrected chi connectivity index (χ1v) is 11.2. The molecule has 34 heavy (non-hydrogen) atoms. The molecule has 0 aliphatic rings.